The average molecular weight is 225 g/mol. The summed E-state index contributed by atoms with van der Waals surface area (Å²) < 4.78 is 5.21. The van der Waals surface area contributed by atoms with Crippen LogP contribution >= 0.6 is 0 Å². The van der Waals surface area contributed by atoms with Crippen LogP contribution in [0.15, 0.2) is 10.5 Å². The molecule has 0 unspecified atom stereocenters. The van der Waals surface area contributed by atoms with Gasteiger partial charge in [0.1, 0.15) is 17.1 Å². The van der Waals surface area contributed by atoms with Crippen LogP contribution in [0.3, 0.4) is 0 Å². The molecule has 0 atom stereocenters. The van der Waals surface area contributed by atoms with Crippen molar-refractivity contribution in [2.24, 2.45) is 0 Å². The van der Waals surface area contributed by atoms with Crippen molar-refractivity contribution in [3.05, 3.63) is 23.2 Å². The standard InChI is InChI=1S/C11H15NO4/c1-3-4-10(13)12-6-8-5-9(11(14)15)7(2)16-8/h5H,3-4,6H2,1-2H3,(H,12,13)(H,14,15). The van der Waals surface area contributed by atoms with Gasteiger partial charge in [-0.2, -0.15) is 0 Å². The van der Waals surface area contributed by atoms with Gasteiger partial charge in [0.05, 0.1) is 6.54 Å². The van der Waals surface area contributed by atoms with E-state index >= 15 is 0 Å². The van der Waals surface area contributed by atoms with E-state index in [1.165, 1.54) is 6.07 Å². The van der Waals surface area contributed by atoms with Crippen molar-refractivity contribution in [2.75, 3.05) is 0 Å². The Labute approximate surface area is 93.4 Å². The highest BCUT2D eigenvalue weighted by atomic mass is 16.4. The molecule has 2 N–H and O–H groups in total. The minimum atomic E-state index is -1.02. The molecule has 0 aliphatic carbocycles. The lowest BCUT2D eigenvalue weighted by Crippen LogP contribution is -2.21. The summed E-state index contributed by atoms with van der Waals surface area (Å²) in [5.74, 6) is -0.271. The van der Waals surface area contributed by atoms with E-state index < -0.39 is 5.97 Å². The minimum Gasteiger partial charge on any atom is -0.478 e. The highest BCUT2D eigenvalue weighted by Gasteiger charge is 2.13. The Bertz CT molecular complexity index is 395. The Hall–Kier alpha value is -1.78. The van der Waals surface area contributed by atoms with Crippen molar-refractivity contribution in [1.82, 2.24) is 5.32 Å². The lowest BCUT2D eigenvalue weighted by Gasteiger charge is -2.00. The van der Waals surface area contributed by atoms with E-state index in [2.05, 4.69) is 5.32 Å². The van der Waals surface area contributed by atoms with Crippen LogP contribution in [-0.2, 0) is 11.3 Å². The Kier molecular flexibility index (Phi) is 4.10. The van der Waals surface area contributed by atoms with Crippen molar-refractivity contribution in [1.29, 1.82) is 0 Å². The highest BCUT2D eigenvalue weighted by Crippen LogP contribution is 2.14. The Morgan fingerprint density at radius 1 is 1.50 bits per heavy atom. The summed E-state index contributed by atoms with van der Waals surface area (Å²) >= 11 is 0. The molecule has 1 amide bonds. The van der Waals surface area contributed by atoms with E-state index in [4.69, 9.17) is 9.52 Å². The van der Waals surface area contributed by atoms with Crippen LogP contribution in [0, 0.1) is 6.92 Å². The van der Waals surface area contributed by atoms with Crippen LogP contribution < -0.4 is 5.32 Å². The molecule has 0 fully saturated rings. The molecular formula is C11H15NO4. The van der Waals surface area contributed by atoms with Crippen LogP contribution in [0.2, 0.25) is 0 Å². The van der Waals surface area contributed by atoms with Gasteiger partial charge in [-0.1, -0.05) is 6.92 Å². The summed E-state index contributed by atoms with van der Waals surface area (Å²) in [7, 11) is 0. The molecule has 0 bridgehead atoms. The zero-order valence-corrected chi connectivity index (χ0v) is 9.37. The minimum absolute atomic E-state index is 0.0616. The molecule has 0 aliphatic rings. The number of amides is 1. The predicted octanol–water partition coefficient (Wildman–Crippen LogP) is 1.70. The maximum Gasteiger partial charge on any atom is 0.339 e. The summed E-state index contributed by atoms with van der Waals surface area (Å²) in [5, 5.41) is 11.4. The molecule has 1 aromatic rings. The monoisotopic (exact) mass is 225 g/mol. The number of hydrogen-bond donors (Lipinski definition) is 2. The number of furan rings is 1. The smallest absolute Gasteiger partial charge is 0.339 e. The first-order valence-electron chi connectivity index (χ1n) is 5.14. The van der Waals surface area contributed by atoms with E-state index in [0.717, 1.165) is 6.42 Å². The quantitative estimate of drug-likeness (QED) is 0.799. The second-order valence-electron chi connectivity index (χ2n) is 3.51. The molecule has 0 saturated heterocycles. The van der Waals surface area contributed by atoms with Crippen molar-refractivity contribution in [3.8, 4) is 0 Å². The molecule has 0 spiro atoms. The first-order valence-corrected chi connectivity index (χ1v) is 5.14. The third-order valence-electron chi connectivity index (χ3n) is 2.14. The number of hydrogen-bond acceptors (Lipinski definition) is 3. The molecule has 0 aliphatic heterocycles. The van der Waals surface area contributed by atoms with E-state index in [-0.39, 0.29) is 18.0 Å². The van der Waals surface area contributed by atoms with Crippen molar-refractivity contribution in [2.45, 2.75) is 33.2 Å². The fraction of sp³-hybridized carbons (Fsp3) is 0.455. The molecule has 88 valence electrons. The van der Waals surface area contributed by atoms with Gasteiger partial charge in [-0.3, -0.25) is 4.79 Å². The number of carbonyl (C=O) groups is 2. The maximum absolute atomic E-state index is 11.2. The number of aromatic carboxylic acids is 1. The number of carboxylic acid groups (broad SMARTS) is 1. The average Bonchev–Trinajstić information content (AvgIpc) is 2.57. The van der Waals surface area contributed by atoms with E-state index in [1.54, 1.807) is 6.92 Å². The number of carbonyl (C=O) groups excluding carboxylic acids is 1. The topological polar surface area (TPSA) is 79.5 Å². The van der Waals surface area contributed by atoms with Gasteiger partial charge < -0.3 is 14.8 Å². The molecule has 5 heteroatoms. The Morgan fingerprint density at radius 2 is 2.19 bits per heavy atom. The SMILES string of the molecule is CCCC(=O)NCc1cc(C(=O)O)c(C)o1. The van der Waals surface area contributed by atoms with Crippen LogP contribution in [0.4, 0.5) is 0 Å². The van der Waals surface area contributed by atoms with Gasteiger partial charge in [-0.15, -0.1) is 0 Å². The van der Waals surface area contributed by atoms with E-state index in [0.29, 0.717) is 17.9 Å². The zero-order valence-electron chi connectivity index (χ0n) is 9.37. The van der Waals surface area contributed by atoms with Crippen molar-refractivity contribution in [3.63, 3.8) is 0 Å². The second kappa shape index (κ2) is 5.34. The van der Waals surface area contributed by atoms with Crippen LogP contribution in [0.1, 0.15) is 41.6 Å². The first kappa shape index (κ1) is 12.3. The normalized spacial score (nSPS) is 10.1. The van der Waals surface area contributed by atoms with Gasteiger partial charge >= 0.3 is 5.97 Å². The van der Waals surface area contributed by atoms with Crippen molar-refractivity contribution < 1.29 is 19.1 Å². The van der Waals surface area contributed by atoms with Crippen LogP contribution in [-0.4, -0.2) is 17.0 Å². The fourth-order valence-corrected chi connectivity index (χ4v) is 1.34. The van der Waals surface area contributed by atoms with Crippen molar-refractivity contribution >= 4 is 11.9 Å². The lowest BCUT2D eigenvalue weighted by atomic mass is 10.2. The Balaban J connectivity index is 2.58. The third kappa shape index (κ3) is 3.12. The van der Waals surface area contributed by atoms with Gasteiger partial charge in [-0.25, -0.2) is 4.79 Å². The molecular weight excluding hydrogens is 210 g/mol. The summed E-state index contributed by atoms with van der Waals surface area (Å²) in [6, 6.07) is 1.43. The van der Waals surface area contributed by atoms with Gasteiger partial charge in [0, 0.05) is 6.42 Å². The molecule has 0 aromatic carbocycles. The van der Waals surface area contributed by atoms with E-state index in [1.807, 2.05) is 6.92 Å². The van der Waals surface area contributed by atoms with Gasteiger partial charge in [0.2, 0.25) is 5.91 Å². The number of nitrogens with one attached hydrogen (secondary N) is 1. The second-order valence-corrected chi connectivity index (χ2v) is 3.51. The third-order valence-corrected chi connectivity index (χ3v) is 2.14. The number of rotatable bonds is 5. The summed E-state index contributed by atoms with van der Waals surface area (Å²) in [6.07, 6.45) is 1.24. The molecule has 1 aromatic heterocycles. The summed E-state index contributed by atoms with van der Waals surface area (Å²) in [5.41, 5.74) is 0.139. The van der Waals surface area contributed by atoms with E-state index in [9.17, 15) is 9.59 Å². The first-order chi connectivity index (χ1) is 7.54. The summed E-state index contributed by atoms with van der Waals surface area (Å²) in [4.78, 5) is 21.9. The molecule has 16 heavy (non-hydrogen) atoms. The summed E-state index contributed by atoms with van der Waals surface area (Å²) in [6.45, 7) is 3.73. The zero-order chi connectivity index (χ0) is 12.1. The van der Waals surface area contributed by atoms with Gasteiger partial charge in [0.15, 0.2) is 0 Å². The number of aryl methyl sites for hydroxylation is 1. The molecule has 5 nitrogen and oxygen atoms in total. The van der Waals surface area contributed by atoms with Gasteiger partial charge in [0.25, 0.3) is 0 Å². The van der Waals surface area contributed by atoms with Crippen LogP contribution in [0.25, 0.3) is 0 Å². The molecule has 1 heterocycles. The highest BCUT2D eigenvalue weighted by molar-refractivity contribution is 5.88. The Morgan fingerprint density at radius 3 is 2.69 bits per heavy atom. The molecule has 1 rings (SSSR count). The maximum atomic E-state index is 11.2. The molecule has 0 saturated carbocycles. The van der Waals surface area contributed by atoms with Crippen LogP contribution in [0.5, 0.6) is 0 Å². The lowest BCUT2D eigenvalue weighted by molar-refractivity contribution is -0.121. The molecule has 0 radical (unpaired) electrons. The van der Waals surface area contributed by atoms with Gasteiger partial charge in [-0.05, 0) is 19.4 Å². The fourth-order valence-electron chi connectivity index (χ4n) is 1.34. The largest absolute Gasteiger partial charge is 0.478 e. The number of carboxylic acids is 1. The predicted molar refractivity (Wildman–Crippen MR) is 57.2 cm³/mol.